The predicted molar refractivity (Wildman–Crippen MR) is 90.7 cm³/mol. The molecule has 0 saturated carbocycles. The van der Waals surface area contributed by atoms with Crippen molar-refractivity contribution in [3.63, 3.8) is 0 Å². The predicted octanol–water partition coefficient (Wildman–Crippen LogP) is 2.90. The Morgan fingerprint density at radius 2 is 2.20 bits per heavy atom. The third kappa shape index (κ3) is 3.09. The Morgan fingerprint density at radius 1 is 1.35 bits per heavy atom. The van der Waals surface area contributed by atoms with E-state index in [1.165, 1.54) is 42.7 Å². The van der Waals surface area contributed by atoms with Crippen molar-refractivity contribution in [1.82, 2.24) is 4.98 Å². The highest BCUT2D eigenvalue weighted by molar-refractivity contribution is 7.99. The summed E-state index contributed by atoms with van der Waals surface area (Å²) < 4.78 is 0. The molecule has 1 atom stereocenters. The van der Waals surface area contributed by atoms with Crippen molar-refractivity contribution in [3.05, 3.63) is 22.9 Å². The van der Waals surface area contributed by atoms with Gasteiger partial charge in [-0.05, 0) is 55.9 Å². The Morgan fingerprint density at radius 3 is 2.95 bits per heavy atom. The molecule has 1 aliphatic heterocycles. The fraction of sp³-hybridized carbons (Fsp3) is 0.600. The standard InChI is InChI=1S/C15H21N3S2/c16-14(19)12-8-10-4-1-2-6-13(10)18-15(12)17-11-5-3-7-20-9-11/h8,11H,1-7,9H2,(H2,16,19)(H,17,18). The molecule has 3 N–H and O–H groups in total. The molecule has 0 aromatic carbocycles. The van der Waals surface area contributed by atoms with Crippen LogP contribution in [0.15, 0.2) is 6.07 Å². The Bertz CT molecular complexity index is 510. The number of nitrogens with one attached hydrogen (secondary N) is 1. The molecule has 5 heteroatoms. The summed E-state index contributed by atoms with van der Waals surface area (Å²) in [6, 6.07) is 2.67. The van der Waals surface area contributed by atoms with Crippen LogP contribution in [-0.4, -0.2) is 27.5 Å². The summed E-state index contributed by atoms with van der Waals surface area (Å²) in [5.41, 5.74) is 9.40. The van der Waals surface area contributed by atoms with Crippen molar-refractivity contribution in [1.29, 1.82) is 0 Å². The summed E-state index contributed by atoms with van der Waals surface area (Å²) in [6.07, 6.45) is 7.17. The molecule has 2 aliphatic rings. The molecule has 1 aromatic heterocycles. The minimum atomic E-state index is 0.455. The third-order valence-electron chi connectivity index (χ3n) is 4.07. The van der Waals surface area contributed by atoms with E-state index in [2.05, 4.69) is 11.4 Å². The van der Waals surface area contributed by atoms with Crippen molar-refractivity contribution >= 4 is 34.8 Å². The van der Waals surface area contributed by atoms with Gasteiger partial charge in [-0.1, -0.05) is 12.2 Å². The lowest BCUT2D eigenvalue weighted by atomic mass is 9.94. The fourth-order valence-corrected chi connectivity index (χ4v) is 4.21. The second kappa shape index (κ2) is 6.31. The number of aromatic nitrogens is 1. The molecule has 1 unspecified atom stereocenters. The quantitative estimate of drug-likeness (QED) is 0.841. The van der Waals surface area contributed by atoms with Gasteiger partial charge in [-0.2, -0.15) is 11.8 Å². The molecule has 3 nitrogen and oxygen atoms in total. The van der Waals surface area contributed by atoms with Crippen molar-refractivity contribution in [2.45, 2.75) is 44.6 Å². The van der Waals surface area contributed by atoms with Crippen molar-refractivity contribution in [2.24, 2.45) is 5.73 Å². The monoisotopic (exact) mass is 307 g/mol. The van der Waals surface area contributed by atoms with E-state index in [-0.39, 0.29) is 0 Å². The zero-order valence-corrected chi connectivity index (χ0v) is 13.3. The van der Waals surface area contributed by atoms with Gasteiger partial charge >= 0.3 is 0 Å². The molecule has 0 bridgehead atoms. The number of nitrogens with two attached hydrogens (primary N) is 1. The minimum Gasteiger partial charge on any atom is -0.389 e. The van der Waals surface area contributed by atoms with E-state index >= 15 is 0 Å². The van der Waals surface area contributed by atoms with E-state index in [9.17, 15) is 0 Å². The number of aryl methyl sites for hydroxylation is 2. The molecule has 2 heterocycles. The van der Waals surface area contributed by atoms with Gasteiger partial charge in [0.2, 0.25) is 0 Å². The van der Waals surface area contributed by atoms with E-state index < -0.39 is 0 Å². The molecule has 3 rings (SSSR count). The number of pyridine rings is 1. The highest BCUT2D eigenvalue weighted by Gasteiger charge is 2.20. The number of thiocarbonyl (C=S) groups is 1. The smallest absolute Gasteiger partial charge is 0.136 e. The maximum atomic E-state index is 5.90. The first-order valence-electron chi connectivity index (χ1n) is 7.41. The van der Waals surface area contributed by atoms with E-state index in [4.69, 9.17) is 22.9 Å². The van der Waals surface area contributed by atoms with Gasteiger partial charge in [0, 0.05) is 17.5 Å². The van der Waals surface area contributed by atoms with Gasteiger partial charge in [0.05, 0.1) is 5.56 Å². The largest absolute Gasteiger partial charge is 0.389 e. The van der Waals surface area contributed by atoms with Crippen molar-refractivity contribution in [3.8, 4) is 0 Å². The second-order valence-electron chi connectivity index (χ2n) is 5.62. The van der Waals surface area contributed by atoms with Crippen LogP contribution in [0.4, 0.5) is 5.82 Å². The number of hydrogen-bond acceptors (Lipinski definition) is 4. The first-order chi connectivity index (χ1) is 9.74. The van der Waals surface area contributed by atoms with Gasteiger partial charge in [-0.25, -0.2) is 4.98 Å². The van der Waals surface area contributed by atoms with Gasteiger partial charge < -0.3 is 11.1 Å². The molecular formula is C15H21N3S2. The Kier molecular flexibility index (Phi) is 4.46. The first-order valence-corrected chi connectivity index (χ1v) is 8.97. The molecule has 0 spiro atoms. The van der Waals surface area contributed by atoms with Crippen LogP contribution in [-0.2, 0) is 12.8 Å². The fourth-order valence-electron chi connectivity index (χ4n) is 2.98. The van der Waals surface area contributed by atoms with E-state index in [1.54, 1.807) is 0 Å². The topological polar surface area (TPSA) is 50.9 Å². The molecule has 20 heavy (non-hydrogen) atoms. The van der Waals surface area contributed by atoms with Crippen LogP contribution in [0.2, 0.25) is 0 Å². The van der Waals surface area contributed by atoms with Crippen molar-refractivity contribution < 1.29 is 0 Å². The lowest BCUT2D eigenvalue weighted by molar-refractivity contribution is 0.660. The van der Waals surface area contributed by atoms with Gasteiger partial charge in [0.25, 0.3) is 0 Å². The summed E-state index contributed by atoms with van der Waals surface area (Å²) >= 11 is 7.23. The normalized spacial score (nSPS) is 22.1. The van der Waals surface area contributed by atoms with Crippen LogP contribution < -0.4 is 11.1 Å². The minimum absolute atomic E-state index is 0.455. The average Bonchev–Trinajstić information content (AvgIpc) is 2.47. The molecule has 0 amide bonds. The number of nitrogens with zero attached hydrogens (tertiary/aromatic N) is 1. The van der Waals surface area contributed by atoms with Crippen molar-refractivity contribution in [2.75, 3.05) is 16.8 Å². The van der Waals surface area contributed by atoms with Gasteiger partial charge in [0.1, 0.15) is 10.8 Å². The summed E-state index contributed by atoms with van der Waals surface area (Å²) in [6.45, 7) is 0. The number of hydrogen-bond donors (Lipinski definition) is 2. The van der Waals surface area contributed by atoms with Crippen LogP contribution in [0.1, 0.15) is 42.5 Å². The van der Waals surface area contributed by atoms with Crippen LogP contribution in [0.5, 0.6) is 0 Å². The second-order valence-corrected chi connectivity index (χ2v) is 7.21. The lowest BCUT2D eigenvalue weighted by Crippen LogP contribution is -2.28. The summed E-state index contributed by atoms with van der Waals surface area (Å²) in [7, 11) is 0. The zero-order valence-electron chi connectivity index (χ0n) is 11.7. The third-order valence-corrected chi connectivity index (χ3v) is 5.50. The molecule has 0 radical (unpaired) electrons. The van der Waals surface area contributed by atoms with E-state index in [1.807, 2.05) is 11.8 Å². The maximum Gasteiger partial charge on any atom is 0.136 e. The van der Waals surface area contributed by atoms with Gasteiger partial charge in [0.15, 0.2) is 0 Å². The number of rotatable bonds is 3. The SMILES string of the molecule is NC(=S)c1cc2c(nc1NC1CCCSC1)CCCC2. The van der Waals surface area contributed by atoms with Gasteiger partial charge in [-0.15, -0.1) is 0 Å². The Hall–Kier alpha value is -0.810. The Balaban J connectivity index is 1.88. The van der Waals surface area contributed by atoms with E-state index in [0.29, 0.717) is 11.0 Å². The van der Waals surface area contributed by atoms with E-state index in [0.717, 1.165) is 30.0 Å². The number of thioether (sulfide) groups is 1. The van der Waals surface area contributed by atoms with Crippen LogP contribution in [0.3, 0.4) is 0 Å². The highest BCUT2D eigenvalue weighted by atomic mass is 32.2. The van der Waals surface area contributed by atoms with Crippen LogP contribution in [0.25, 0.3) is 0 Å². The number of fused-ring (bicyclic) bond motifs is 1. The maximum absolute atomic E-state index is 5.90. The summed E-state index contributed by atoms with van der Waals surface area (Å²) in [5.74, 6) is 3.33. The van der Waals surface area contributed by atoms with Crippen LogP contribution >= 0.6 is 24.0 Å². The molecule has 108 valence electrons. The van der Waals surface area contributed by atoms with Crippen LogP contribution in [0, 0.1) is 0 Å². The lowest BCUT2D eigenvalue weighted by Gasteiger charge is -2.25. The summed E-state index contributed by atoms with van der Waals surface area (Å²) in [5, 5.41) is 3.58. The molecular weight excluding hydrogens is 286 g/mol. The average molecular weight is 307 g/mol. The Labute approximate surface area is 130 Å². The molecule has 1 aromatic rings. The molecule has 1 fully saturated rings. The number of anilines is 1. The zero-order chi connectivity index (χ0) is 13.9. The first kappa shape index (κ1) is 14.1. The molecule has 1 aliphatic carbocycles. The molecule has 1 saturated heterocycles. The van der Waals surface area contributed by atoms with Gasteiger partial charge in [-0.3, -0.25) is 0 Å². The summed E-state index contributed by atoms with van der Waals surface area (Å²) in [4.78, 5) is 5.30. The highest BCUT2D eigenvalue weighted by Crippen LogP contribution is 2.27.